The van der Waals surface area contributed by atoms with Gasteiger partial charge in [0.2, 0.25) is 0 Å². The second-order valence-electron chi connectivity index (χ2n) is 5.83. The molecule has 0 aliphatic carbocycles. The summed E-state index contributed by atoms with van der Waals surface area (Å²) in [6, 6.07) is 13.4. The minimum Gasteiger partial charge on any atom is -0.493 e. The smallest absolute Gasteiger partial charge is 0.297 e. The van der Waals surface area contributed by atoms with Crippen LogP contribution in [-0.4, -0.2) is 23.8 Å². The number of rotatable bonds is 6. The normalized spacial score (nSPS) is 10.4. The molecule has 6 heteroatoms. The first-order valence-corrected chi connectivity index (χ1v) is 8.22. The van der Waals surface area contributed by atoms with Crippen LogP contribution in [0.25, 0.3) is 5.69 Å². The molecule has 0 aliphatic rings. The third kappa shape index (κ3) is 3.69. The highest BCUT2D eigenvalue weighted by Gasteiger charge is 2.08. The monoisotopic (exact) mass is 351 g/mol. The lowest BCUT2D eigenvalue weighted by Gasteiger charge is -2.11. The highest BCUT2D eigenvalue weighted by molar-refractivity contribution is 5.45. The van der Waals surface area contributed by atoms with Crippen molar-refractivity contribution in [3.63, 3.8) is 0 Å². The van der Waals surface area contributed by atoms with E-state index in [9.17, 15) is 4.79 Å². The second kappa shape index (κ2) is 7.74. The number of hydrogen-bond donors (Lipinski definition) is 1. The van der Waals surface area contributed by atoms with Gasteiger partial charge in [0.15, 0.2) is 17.3 Å². The van der Waals surface area contributed by atoms with E-state index in [1.165, 1.54) is 0 Å². The number of ether oxygens (including phenoxy) is 2. The van der Waals surface area contributed by atoms with Gasteiger partial charge in [0, 0.05) is 24.6 Å². The number of nitrogens with one attached hydrogen (secondary N) is 1. The Bertz CT molecular complexity index is 967. The van der Waals surface area contributed by atoms with Gasteiger partial charge in [-0.05, 0) is 42.3 Å². The fourth-order valence-electron chi connectivity index (χ4n) is 2.69. The summed E-state index contributed by atoms with van der Waals surface area (Å²) in [5.74, 6) is 1.60. The molecule has 0 bridgehead atoms. The van der Waals surface area contributed by atoms with Crippen LogP contribution in [-0.2, 0) is 6.54 Å². The molecule has 3 aromatic rings. The molecule has 0 atom stereocenters. The zero-order valence-corrected chi connectivity index (χ0v) is 15.0. The Morgan fingerprint density at radius 3 is 2.62 bits per heavy atom. The molecule has 0 unspecified atom stereocenters. The highest BCUT2D eigenvalue weighted by atomic mass is 16.5. The van der Waals surface area contributed by atoms with Gasteiger partial charge in [0.25, 0.3) is 5.56 Å². The van der Waals surface area contributed by atoms with E-state index in [1.54, 1.807) is 31.2 Å². The quantitative estimate of drug-likeness (QED) is 0.739. The standard InChI is InChI=1S/C20H21N3O3/c1-14-5-4-6-16(11-14)23-10-9-21-19(20(23)24)22-13-15-7-8-17(25-2)18(12-15)26-3/h4-12H,13H2,1-3H3,(H,21,22). The Labute approximate surface area is 152 Å². The van der Waals surface area contributed by atoms with E-state index in [-0.39, 0.29) is 5.56 Å². The number of aromatic nitrogens is 2. The van der Waals surface area contributed by atoms with Crippen LogP contribution in [0.1, 0.15) is 11.1 Å². The zero-order chi connectivity index (χ0) is 18.5. The maximum Gasteiger partial charge on any atom is 0.297 e. The Hall–Kier alpha value is -3.28. The van der Waals surface area contributed by atoms with Gasteiger partial charge < -0.3 is 14.8 Å². The van der Waals surface area contributed by atoms with Crippen LogP contribution < -0.4 is 20.3 Å². The Morgan fingerprint density at radius 2 is 1.88 bits per heavy atom. The van der Waals surface area contributed by atoms with Crippen LogP contribution >= 0.6 is 0 Å². The Balaban J connectivity index is 1.83. The largest absolute Gasteiger partial charge is 0.493 e. The number of hydrogen-bond acceptors (Lipinski definition) is 5. The van der Waals surface area contributed by atoms with Gasteiger partial charge >= 0.3 is 0 Å². The fourth-order valence-corrected chi connectivity index (χ4v) is 2.69. The summed E-state index contributed by atoms with van der Waals surface area (Å²) in [6.45, 7) is 2.44. The highest BCUT2D eigenvalue weighted by Crippen LogP contribution is 2.27. The number of nitrogens with zero attached hydrogens (tertiary/aromatic N) is 2. The molecule has 0 saturated carbocycles. The van der Waals surface area contributed by atoms with Crippen LogP contribution in [0.15, 0.2) is 59.7 Å². The molecule has 1 aromatic heterocycles. The van der Waals surface area contributed by atoms with Crippen molar-refractivity contribution < 1.29 is 9.47 Å². The van der Waals surface area contributed by atoms with Crippen molar-refractivity contribution in [3.8, 4) is 17.2 Å². The van der Waals surface area contributed by atoms with Crippen LogP contribution in [0.3, 0.4) is 0 Å². The lowest BCUT2D eigenvalue weighted by atomic mass is 10.2. The molecule has 1 heterocycles. The van der Waals surface area contributed by atoms with Crippen LogP contribution in [0.4, 0.5) is 5.82 Å². The van der Waals surface area contributed by atoms with Crippen LogP contribution in [0, 0.1) is 6.92 Å². The summed E-state index contributed by atoms with van der Waals surface area (Å²) in [7, 11) is 3.19. The second-order valence-corrected chi connectivity index (χ2v) is 5.83. The summed E-state index contributed by atoms with van der Waals surface area (Å²) in [5.41, 5.74) is 2.66. The van der Waals surface area contributed by atoms with Crippen molar-refractivity contribution in [2.45, 2.75) is 13.5 Å². The number of methoxy groups -OCH3 is 2. The summed E-state index contributed by atoms with van der Waals surface area (Å²) < 4.78 is 12.1. The van der Waals surface area contributed by atoms with Gasteiger partial charge in [-0.25, -0.2) is 4.98 Å². The van der Waals surface area contributed by atoms with Crippen LogP contribution in [0.5, 0.6) is 11.5 Å². The van der Waals surface area contributed by atoms with E-state index in [0.29, 0.717) is 23.9 Å². The predicted molar refractivity (Wildman–Crippen MR) is 101 cm³/mol. The van der Waals surface area contributed by atoms with Crippen molar-refractivity contribution in [1.29, 1.82) is 0 Å². The van der Waals surface area contributed by atoms with Crippen molar-refractivity contribution in [2.75, 3.05) is 19.5 Å². The van der Waals surface area contributed by atoms with Gasteiger partial charge in [0.1, 0.15) is 0 Å². The van der Waals surface area contributed by atoms with Gasteiger partial charge in [-0.2, -0.15) is 0 Å². The van der Waals surface area contributed by atoms with E-state index >= 15 is 0 Å². The third-order valence-electron chi connectivity index (χ3n) is 4.03. The van der Waals surface area contributed by atoms with Crippen LogP contribution in [0.2, 0.25) is 0 Å². The fraction of sp³-hybridized carbons (Fsp3) is 0.200. The average molecular weight is 351 g/mol. The van der Waals surface area contributed by atoms with E-state index in [0.717, 1.165) is 16.8 Å². The third-order valence-corrected chi connectivity index (χ3v) is 4.03. The number of benzene rings is 2. The molecule has 2 aromatic carbocycles. The minimum atomic E-state index is -0.196. The first-order chi connectivity index (χ1) is 12.6. The molecule has 1 N–H and O–H groups in total. The molecule has 0 aliphatic heterocycles. The van der Waals surface area contributed by atoms with Crippen molar-refractivity contribution in [3.05, 3.63) is 76.3 Å². The molecule has 3 rings (SSSR count). The van der Waals surface area contributed by atoms with E-state index in [2.05, 4.69) is 10.3 Å². The molecule has 0 amide bonds. The summed E-state index contributed by atoms with van der Waals surface area (Å²) >= 11 is 0. The van der Waals surface area contributed by atoms with Crippen molar-refractivity contribution in [1.82, 2.24) is 9.55 Å². The molecule has 26 heavy (non-hydrogen) atoms. The van der Waals surface area contributed by atoms with Crippen molar-refractivity contribution in [2.24, 2.45) is 0 Å². The molecule has 134 valence electrons. The lowest BCUT2D eigenvalue weighted by Crippen LogP contribution is -2.23. The molecular formula is C20H21N3O3. The average Bonchev–Trinajstić information content (AvgIpc) is 2.67. The van der Waals surface area contributed by atoms with E-state index < -0.39 is 0 Å². The van der Waals surface area contributed by atoms with E-state index in [4.69, 9.17) is 9.47 Å². The number of anilines is 1. The summed E-state index contributed by atoms with van der Waals surface area (Å²) in [6.07, 6.45) is 3.28. The Kier molecular flexibility index (Phi) is 5.22. The van der Waals surface area contributed by atoms with Gasteiger partial charge in [-0.1, -0.05) is 18.2 Å². The van der Waals surface area contributed by atoms with E-state index in [1.807, 2.05) is 49.4 Å². The zero-order valence-electron chi connectivity index (χ0n) is 15.0. The topological polar surface area (TPSA) is 65.4 Å². The lowest BCUT2D eigenvalue weighted by molar-refractivity contribution is 0.354. The van der Waals surface area contributed by atoms with Gasteiger partial charge in [0.05, 0.1) is 14.2 Å². The maximum absolute atomic E-state index is 12.7. The Morgan fingerprint density at radius 1 is 1.08 bits per heavy atom. The molecule has 0 saturated heterocycles. The molecular weight excluding hydrogens is 330 g/mol. The summed E-state index contributed by atoms with van der Waals surface area (Å²) in [5, 5.41) is 3.10. The molecule has 6 nitrogen and oxygen atoms in total. The van der Waals surface area contributed by atoms with Crippen molar-refractivity contribution >= 4 is 5.82 Å². The van der Waals surface area contributed by atoms with Gasteiger partial charge in [-0.3, -0.25) is 9.36 Å². The minimum absolute atomic E-state index is 0.196. The first-order valence-electron chi connectivity index (χ1n) is 8.22. The SMILES string of the molecule is COc1ccc(CNc2nccn(-c3cccc(C)c3)c2=O)cc1OC. The molecule has 0 radical (unpaired) electrons. The molecule has 0 spiro atoms. The maximum atomic E-state index is 12.7. The number of aryl methyl sites for hydroxylation is 1. The first kappa shape index (κ1) is 17.5. The predicted octanol–water partition coefficient (Wildman–Crippen LogP) is 3.17. The molecule has 0 fully saturated rings. The summed E-state index contributed by atoms with van der Waals surface area (Å²) in [4.78, 5) is 16.9. The van der Waals surface area contributed by atoms with Gasteiger partial charge in [-0.15, -0.1) is 0 Å².